The molecule has 2 heterocycles. The third-order valence-corrected chi connectivity index (χ3v) is 8.24. The number of carbonyl (C=O) groups excluding carboxylic acids is 2. The van der Waals surface area contributed by atoms with Gasteiger partial charge in [-0.3, -0.25) is 19.5 Å². The lowest BCUT2D eigenvalue weighted by Crippen LogP contribution is -2.47. The first-order valence-electron chi connectivity index (χ1n) is 16.0. The Morgan fingerprint density at radius 2 is 1.84 bits per heavy atom. The van der Waals surface area contributed by atoms with Crippen molar-refractivity contribution in [3.05, 3.63) is 89.7 Å². The minimum Gasteiger partial charge on any atom is -0.490 e. The van der Waals surface area contributed by atoms with E-state index in [1.54, 1.807) is 35.5 Å². The summed E-state index contributed by atoms with van der Waals surface area (Å²) < 4.78 is 12.8. The van der Waals surface area contributed by atoms with Crippen LogP contribution in [0.1, 0.15) is 61.5 Å². The molecule has 0 saturated heterocycles. The zero-order valence-corrected chi connectivity index (χ0v) is 27.0. The molecule has 2 N–H and O–H groups in total. The molecule has 9 nitrogen and oxygen atoms in total. The first-order chi connectivity index (χ1) is 21.7. The van der Waals surface area contributed by atoms with Gasteiger partial charge < -0.3 is 24.8 Å². The van der Waals surface area contributed by atoms with Crippen molar-refractivity contribution in [2.45, 2.75) is 71.2 Å². The largest absolute Gasteiger partial charge is 0.490 e. The third-order valence-electron chi connectivity index (χ3n) is 8.24. The fraction of sp³-hybridized carbons (Fsp3) is 0.472. The lowest BCUT2D eigenvalue weighted by molar-refractivity contribution is -0.115. The van der Waals surface area contributed by atoms with Crippen molar-refractivity contribution < 1.29 is 24.2 Å². The first-order valence-corrected chi connectivity index (χ1v) is 16.0. The SMILES string of the molecule is C[C@@H]1CCCCO[C@H](CN(C)Cc2ccncc2)[C@H](C)CN([C@H](C)CO)C(=O)c2cc(NC(=O)Cc3ccccc3)ccc2O1. The molecule has 242 valence electrons. The Balaban J connectivity index is 1.59. The van der Waals surface area contributed by atoms with Crippen LogP contribution in [0.4, 0.5) is 5.69 Å². The summed E-state index contributed by atoms with van der Waals surface area (Å²) in [7, 11) is 2.07. The number of amides is 2. The van der Waals surface area contributed by atoms with Gasteiger partial charge in [0.15, 0.2) is 0 Å². The van der Waals surface area contributed by atoms with E-state index in [9.17, 15) is 14.7 Å². The molecule has 0 aliphatic carbocycles. The van der Waals surface area contributed by atoms with E-state index in [1.807, 2.05) is 56.3 Å². The number of hydrogen-bond donors (Lipinski definition) is 2. The quantitative estimate of drug-likeness (QED) is 0.341. The van der Waals surface area contributed by atoms with Gasteiger partial charge in [-0.15, -0.1) is 0 Å². The number of carbonyl (C=O) groups is 2. The van der Waals surface area contributed by atoms with Gasteiger partial charge in [-0.2, -0.15) is 0 Å². The molecule has 2 aromatic carbocycles. The van der Waals surface area contributed by atoms with Crippen LogP contribution in [0.25, 0.3) is 0 Å². The Bertz CT molecular complexity index is 1360. The summed E-state index contributed by atoms with van der Waals surface area (Å²) in [6.07, 6.45) is 6.21. The van der Waals surface area contributed by atoms with E-state index in [2.05, 4.69) is 29.2 Å². The Hall–Kier alpha value is -3.79. The van der Waals surface area contributed by atoms with E-state index in [0.717, 1.165) is 31.4 Å². The first kappa shape index (κ1) is 34.1. The maximum Gasteiger partial charge on any atom is 0.258 e. The van der Waals surface area contributed by atoms with E-state index >= 15 is 0 Å². The Kier molecular flexibility index (Phi) is 12.9. The highest BCUT2D eigenvalue weighted by Gasteiger charge is 2.30. The van der Waals surface area contributed by atoms with Crippen molar-refractivity contribution in [1.29, 1.82) is 0 Å². The number of anilines is 1. The summed E-state index contributed by atoms with van der Waals surface area (Å²) in [6.45, 7) is 8.20. The predicted molar refractivity (Wildman–Crippen MR) is 176 cm³/mol. The van der Waals surface area contributed by atoms with Gasteiger partial charge in [0, 0.05) is 50.2 Å². The zero-order valence-electron chi connectivity index (χ0n) is 27.0. The summed E-state index contributed by atoms with van der Waals surface area (Å²) in [6, 6.07) is 18.3. The second-order valence-electron chi connectivity index (χ2n) is 12.3. The fourth-order valence-corrected chi connectivity index (χ4v) is 5.62. The molecule has 1 aromatic heterocycles. The molecule has 1 aliphatic heterocycles. The number of aromatic nitrogens is 1. The van der Waals surface area contributed by atoms with E-state index in [-0.39, 0.29) is 43.0 Å². The predicted octanol–water partition coefficient (Wildman–Crippen LogP) is 5.19. The molecular formula is C36H48N4O5. The lowest BCUT2D eigenvalue weighted by Gasteiger charge is -2.36. The van der Waals surface area contributed by atoms with Crippen LogP contribution in [0.2, 0.25) is 0 Å². The van der Waals surface area contributed by atoms with Crippen molar-refractivity contribution in [3.8, 4) is 5.75 Å². The average molecular weight is 617 g/mol. The van der Waals surface area contributed by atoms with E-state index in [4.69, 9.17) is 9.47 Å². The van der Waals surface area contributed by atoms with Crippen molar-refractivity contribution in [3.63, 3.8) is 0 Å². The summed E-state index contributed by atoms with van der Waals surface area (Å²) in [5.41, 5.74) is 2.95. The summed E-state index contributed by atoms with van der Waals surface area (Å²) in [5.74, 6) is 0.0145. The molecule has 4 atom stereocenters. The van der Waals surface area contributed by atoms with Crippen LogP contribution in [-0.4, -0.2) is 83.3 Å². The molecule has 3 aromatic rings. The molecular weight excluding hydrogens is 568 g/mol. The summed E-state index contributed by atoms with van der Waals surface area (Å²) >= 11 is 0. The highest BCUT2D eigenvalue weighted by Crippen LogP contribution is 2.28. The number of rotatable bonds is 9. The lowest BCUT2D eigenvalue weighted by atomic mass is 10.0. The van der Waals surface area contributed by atoms with Crippen molar-refractivity contribution >= 4 is 17.5 Å². The molecule has 1 aliphatic rings. The van der Waals surface area contributed by atoms with Gasteiger partial charge in [0.25, 0.3) is 5.91 Å². The summed E-state index contributed by atoms with van der Waals surface area (Å²) in [4.78, 5) is 35.3. The molecule has 9 heteroatoms. The van der Waals surface area contributed by atoms with Crippen LogP contribution in [-0.2, 0) is 22.5 Å². The molecule has 0 radical (unpaired) electrons. The number of pyridine rings is 1. The number of fused-ring (bicyclic) bond motifs is 1. The monoisotopic (exact) mass is 616 g/mol. The topological polar surface area (TPSA) is 104 Å². The van der Waals surface area contributed by atoms with Gasteiger partial charge in [-0.25, -0.2) is 0 Å². The summed E-state index contributed by atoms with van der Waals surface area (Å²) in [5, 5.41) is 13.2. The number of nitrogens with zero attached hydrogens (tertiary/aromatic N) is 3. The molecule has 0 fully saturated rings. The average Bonchev–Trinajstić information content (AvgIpc) is 3.03. The number of hydrogen-bond acceptors (Lipinski definition) is 7. The van der Waals surface area contributed by atoms with E-state index in [0.29, 0.717) is 36.7 Å². The Labute approximate surface area is 267 Å². The maximum absolute atomic E-state index is 14.3. The highest BCUT2D eigenvalue weighted by molar-refractivity contribution is 6.00. The van der Waals surface area contributed by atoms with Crippen LogP contribution in [0.3, 0.4) is 0 Å². The maximum atomic E-state index is 14.3. The molecule has 2 amide bonds. The van der Waals surface area contributed by atoms with Gasteiger partial charge in [-0.1, -0.05) is 37.3 Å². The Morgan fingerprint density at radius 1 is 1.09 bits per heavy atom. The van der Waals surface area contributed by atoms with Crippen molar-refractivity contribution in [1.82, 2.24) is 14.8 Å². The van der Waals surface area contributed by atoms with Crippen molar-refractivity contribution in [2.24, 2.45) is 5.92 Å². The smallest absolute Gasteiger partial charge is 0.258 e. The second kappa shape index (κ2) is 17.1. The molecule has 0 saturated carbocycles. The number of aliphatic hydroxyl groups is 1. The van der Waals surface area contributed by atoms with Crippen LogP contribution in [0, 0.1) is 5.92 Å². The zero-order chi connectivity index (χ0) is 32.2. The third kappa shape index (κ3) is 10.4. The molecule has 0 spiro atoms. The molecule has 4 rings (SSSR count). The highest BCUT2D eigenvalue weighted by atomic mass is 16.5. The van der Waals surface area contributed by atoms with Gasteiger partial charge in [0.2, 0.25) is 5.91 Å². The van der Waals surface area contributed by atoms with Crippen LogP contribution >= 0.6 is 0 Å². The molecule has 45 heavy (non-hydrogen) atoms. The van der Waals surface area contributed by atoms with Crippen LogP contribution in [0.15, 0.2) is 73.1 Å². The Morgan fingerprint density at radius 3 is 2.58 bits per heavy atom. The van der Waals surface area contributed by atoms with E-state index < -0.39 is 6.04 Å². The number of nitrogens with one attached hydrogen (secondary N) is 1. The minimum absolute atomic E-state index is 0.0252. The molecule has 0 unspecified atom stereocenters. The van der Waals surface area contributed by atoms with Crippen LogP contribution in [0.5, 0.6) is 5.75 Å². The second-order valence-corrected chi connectivity index (χ2v) is 12.3. The number of likely N-dealkylation sites (N-methyl/N-ethyl adjacent to an activating group) is 1. The van der Waals surface area contributed by atoms with Crippen molar-refractivity contribution in [2.75, 3.05) is 38.7 Å². The standard InChI is InChI=1S/C36H48N4O5/c1-26-22-40(27(2)25-41)36(43)32-21-31(38-35(42)20-29-11-6-5-7-12-29)13-14-33(32)45-28(3)10-8-9-19-44-34(26)24-39(4)23-30-15-17-37-18-16-30/h5-7,11-18,21,26-28,34,41H,8-10,19-20,22-25H2,1-4H3,(H,38,42)/t26-,27-,28-,34-/m1/s1. The number of ether oxygens (including phenoxy) is 2. The molecule has 0 bridgehead atoms. The number of aliphatic hydroxyl groups excluding tert-OH is 1. The minimum atomic E-state index is -0.440. The van der Waals surface area contributed by atoms with Gasteiger partial charge in [-0.05, 0) is 81.6 Å². The van der Waals surface area contributed by atoms with Crippen LogP contribution < -0.4 is 10.1 Å². The van der Waals surface area contributed by atoms with E-state index in [1.165, 1.54) is 5.56 Å². The number of benzene rings is 2. The van der Waals surface area contributed by atoms with Gasteiger partial charge in [0.05, 0.1) is 36.8 Å². The van der Waals surface area contributed by atoms with Gasteiger partial charge in [0.1, 0.15) is 5.75 Å². The normalized spacial score (nSPS) is 20.5. The van der Waals surface area contributed by atoms with Gasteiger partial charge >= 0.3 is 0 Å². The fourth-order valence-electron chi connectivity index (χ4n) is 5.62.